The molecule has 4 heteroatoms. The Labute approximate surface area is 145 Å². The van der Waals surface area contributed by atoms with Crippen molar-refractivity contribution in [2.75, 3.05) is 4.90 Å². The van der Waals surface area contributed by atoms with Crippen LogP contribution in [0.4, 0.5) is 10.5 Å². The van der Waals surface area contributed by atoms with E-state index in [1.54, 1.807) is 0 Å². The Kier molecular flexibility index (Phi) is 5.01. The molecule has 0 aliphatic carbocycles. The number of amides is 1. The summed E-state index contributed by atoms with van der Waals surface area (Å²) in [6.45, 7) is 2.42. The van der Waals surface area contributed by atoms with Gasteiger partial charge in [-0.3, -0.25) is 4.90 Å². The summed E-state index contributed by atoms with van der Waals surface area (Å²) in [7, 11) is 0. The second kappa shape index (κ2) is 7.18. The summed E-state index contributed by atoms with van der Waals surface area (Å²) in [5.41, 5.74) is 3.17. The van der Waals surface area contributed by atoms with Crippen LogP contribution in [0.1, 0.15) is 30.9 Å². The number of ether oxygens (including phenoxy) is 1. The number of anilines is 1. The van der Waals surface area contributed by atoms with Gasteiger partial charge in [0.25, 0.3) is 0 Å². The van der Waals surface area contributed by atoms with Crippen LogP contribution < -0.4 is 4.90 Å². The summed E-state index contributed by atoms with van der Waals surface area (Å²) in [5, 5.41) is 0. The van der Waals surface area contributed by atoms with Crippen molar-refractivity contribution in [2.24, 2.45) is 0 Å². The molecule has 0 saturated carbocycles. The standard InChI is InChI=1S/C19H20BrNO2/c1-2-17-11-9-15-8-10-16(20)12-18(15)21(17)19(22)23-13-14-6-4-3-5-7-14/h3-8,10,12,17H,2,9,11,13H2,1H3. The highest BCUT2D eigenvalue weighted by Crippen LogP contribution is 2.34. The van der Waals surface area contributed by atoms with Crippen molar-refractivity contribution in [3.8, 4) is 0 Å². The Bertz CT molecular complexity index is 687. The smallest absolute Gasteiger partial charge is 0.414 e. The number of benzene rings is 2. The molecule has 1 aliphatic heterocycles. The number of fused-ring (bicyclic) bond motifs is 1. The van der Waals surface area contributed by atoms with Crippen LogP contribution in [0.5, 0.6) is 0 Å². The lowest BCUT2D eigenvalue weighted by Gasteiger charge is -2.36. The molecule has 1 heterocycles. The van der Waals surface area contributed by atoms with Gasteiger partial charge in [0.2, 0.25) is 0 Å². The maximum atomic E-state index is 12.7. The van der Waals surface area contributed by atoms with Crippen molar-refractivity contribution in [1.82, 2.24) is 0 Å². The van der Waals surface area contributed by atoms with Crippen LogP contribution in [0.2, 0.25) is 0 Å². The molecule has 0 N–H and O–H groups in total. The third-order valence-corrected chi connectivity index (χ3v) is 4.79. The lowest BCUT2D eigenvalue weighted by molar-refractivity contribution is 0.143. The Morgan fingerprint density at radius 3 is 2.78 bits per heavy atom. The molecular weight excluding hydrogens is 354 g/mol. The molecule has 2 aromatic carbocycles. The molecule has 1 amide bonds. The van der Waals surface area contributed by atoms with E-state index in [1.807, 2.05) is 47.4 Å². The van der Waals surface area contributed by atoms with E-state index >= 15 is 0 Å². The van der Waals surface area contributed by atoms with Crippen molar-refractivity contribution < 1.29 is 9.53 Å². The van der Waals surface area contributed by atoms with Crippen LogP contribution in [0.25, 0.3) is 0 Å². The van der Waals surface area contributed by atoms with Crippen LogP contribution >= 0.6 is 15.9 Å². The van der Waals surface area contributed by atoms with Crippen molar-refractivity contribution in [1.29, 1.82) is 0 Å². The average Bonchev–Trinajstić information content (AvgIpc) is 2.59. The molecule has 0 radical (unpaired) electrons. The highest BCUT2D eigenvalue weighted by molar-refractivity contribution is 9.10. The van der Waals surface area contributed by atoms with Gasteiger partial charge in [-0.2, -0.15) is 0 Å². The van der Waals surface area contributed by atoms with Gasteiger partial charge in [0.1, 0.15) is 6.61 Å². The highest BCUT2D eigenvalue weighted by Gasteiger charge is 2.31. The number of hydrogen-bond acceptors (Lipinski definition) is 2. The quantitative estimate of drug-likeness (QED) is 0.728. The number of nitrogens with zero attached hydrogens (tertiary/aromatic N) is 1. The van der Waals surface area contributed by atoms with E-state index in [1.165, 1.54) is 5.56 Å². The Hall–Kier alpha value is -1.81. The van der Waals surface area contributed by atoms with Gasteiger partial charge in [0, 0.05) is 10.5 Å². The molecule has 1 unspecified atom stereocenters. The zero-order valence-corrected chi connectivity index (χ0v) is 14.8. The van der Waals surface area contributed by atoms with E-state index < -0.39 is 0 Å². The molecule has 0 bridgehead atoms. The van der Waals surface area contributed by atoms with E-state index in [0.717, 1.165) is 35.0 Å². The van der Waals surface area contributed by atoms with Crippen LogP contribution in [0.15, 0.2) is 53.0 Å². The maximum absolute atomic E-state index is 12.7. The van der Waals surface area contributed by atoms with Crippen LogP contribution in [0, 0.1) is 0 Å². The molecule has 0 aromatic heterocycles. The van der Waals surface area contributed by atoms with Crippen molar-refractivity contribution >= 4 is 27.7 Å². The van der Waals surface area contributed by atoms with Crippen molar-refractivity contribution in [3.63, 3.8) is 0 Å². The molecule has 0 spiro atoms. The third kappa shape index (κ3) is 3.58. The molecule has 120 valence electrons. The van der Waals surface area contributed by atoms with E-state index in [9.17, 15) is 4.79 Å². The van der Waals surface area contributed by atoms with Crippen LogP contribution in [-0.2, 0) is 17.8 Å². The van der Waals surface area contributed by atoms with Crippen molar-refractivity contribution in [2.45, 2.75) is 38.8 Å². The molecule has 1 atom stereocenters. The Morgan fingerprint density at radius 1 is 1.26 bits per heavy atom. The number of hydrogen-bond donors (Lipinski definition) is 0. The first kappa shape index (κ1) is 16.1. The molecule has 23 heavy (non-hydrogen) atoms. The normalized spacial score (nSPS) is 16.8. The summed E-state index contributed by atoms with van der Waals surface area (Å²) >= 11 is 3.51. The van der Waals surface area contributed by atoms with E-state index in [2.05, 4.69) is 28.9 Å². The largest absolute Gasteiger partial charge is 0.444 e. The van der Waals surface area contributed by atoms with Gasteiger partial charge in [-0.05, 0) is 42.5 Å². The summed E-state index contributed by atoms with van der Waals surface area (Å²) < 4.78 is 6.55. The summed E-state index contributed by atoms with van der Waals surface area (Å²) in [6.07, 6.45) is 2.64. The molecule has 3 rings (SSSR count). The average molecular weight is 374 g/mol. The first-order chi connectivity index (χ1) is 11.2. The Morgan fingerprint density at radius 2 is 2.04 bits per heavy atom. The monoisotopic (exact) mass is 373 g/mol. The second-order valence-corrected chi connectivity index (χ2v) is 6.70. The molecule has 0 saturated heterocycles. The second-order valence-electron chi connectivity index (χ2n) is 5.78. The Balaban J connectivity index is 1.81. The van der Waals surface area contributed by atoms with Gasteiger partial charge in [0.05, 0.1) is 5.69 Å². The molecule has 1 aliphatic rings. The zero-order valence-electron chi connectivity index (χ0n) is 13.2. The van der Waals surface area contributed by atoms with Gasteiger partial charge < -0.3 is 4.74 Å². The van der Waals surface area contributed by atoms with Crippen LogP contribution in [-0.4, -0.2) is 12.1 Å². The highest BCUT2D eigenvalue weighted by atomic mass is 79.9. The molecule has 0 fully saturated rings. The van der Waals surface area contributed by atoms with Gasteiger partial charge in [0.15, 0.2) is 0 Å². The van der Waals surface area contributed by atoms with Gasteiger partial charge in [-0.1, -0.05) is 59.3 Å². The van der Waals surface area contributed by atoms with Crippen molar-refractivity contribution in [3.05, 3.63) is 64.1 Å². The number of rotatable bonds is 3. The maximum Gasteiger partial charge on any atom is 0.414 e. The van der Waals surface area contributed by atoms with E-state index in [-0.39, 0.29) is 12.1 Å². The topological polar surface area (TPSA) is 29.5 Å². The predicted molar refractivity (Wildman–Crippen MR) is 95.6 cm³/mol. The first-order valence-corrected chi connectivity index (χ1v) is 8.76. The number of halogens is 1. The summed E-state index contributed by atoms with van der Waals surface area (Å²) in [5.74, 6) is 0. The van der Waals surface area contributed by atoms with Gasteiger partial charge >= 0.3 is 6.09 Å². The lowest BCUT2D eigenvalue weighted by Crippen LogP contribution is -2.43. The van der Waals surface area contributed by atoms with Gasteiger partial charge in [-0.25, -0.2) is 4.79 Å². The lowest BCUT2D eigenvalue weighted by atomic mass is 9.95. The fourth-order valence-corrected chi connectivity index (χ4v) is 3.39. The number of carbonyl (C=O) groups excluding carboxylic acids is 1. The summed E-state index contributed by atoms with van der Waals surface area (Å²) in [4.78, 5) is 14.5. The first-order valence-electron chi connectivity index (χ1n) is 7.97. The minimum absolute atomic E-state index is 0.195. The summed E-state index contributed by atoms with van der Waals surface area (Å²) in [6, 6.07) is 16.1. The zero-order chi connectivity index (χ0) is 16.2. The fourth-order valence-electron chi connectivity index (χ4n) is 3.04. The van der Waals surface area contributed by atoms with E-state index in [4.69, 9.17) is 4.74 Å². The molecule has 3 nitrogen and oxygen atoms in total. The number of carbonyl (C=O) groups is 1. The number of aryl methyl sites for hydroxylation is 1. The third-order valence-electron chi connectivity index (χ3n) is 4.29. The minimum Gasteiger partial charge on any atom is -0.444 e. The predicted octanol–water partition coefficient (Wildman–Crippen LogP) is 5.32. The van der Waals surface area contributed by atoms with Crippen LogP contribution in [0.3, 0.4) is 0 Å². The minimum atomic E-state index is -0.264. The van der Waals surface area contributed by atoms with E-state index in [0.29, 0.717) is 6.61 Å². The fraction of sp³-hybridized carbons (Fsp3) is 0.316. The van der Waals surface area contributed by atoms with Gasteiger partial charge in [-0.15, -0.1) is 0 Å². The SMILES string of the molecule is CCC1CCc2ccc(Br)cc2N1C(=O)OCc1ccccc1. The molecular formula is C19H20BrNO2. The molecule has 2 aromatic rings.